The Morgan fingerprint density at radius 1 is 0.704 bits per heavy atom. The second-order valence-electron chi connectivity index (χ2n) is 6.39. The fourth-order valence-electron chi connectivity index (χ4n) is 3.20. The second-order valence-corrected chi connectivity index (χ2v) is 6.39. The third-order valence-electron chi connectivity index (χ3n) is 4.60. The molecule has 0 heterocycles. The van der Waals surface area contributed by atoms with Gasteiger partial charge in [0.2, 0.25) is 5.78 Å². The first kappa shape index (κ1) is 16.7. The molecule has 0 aliphatic heterocycles. The normalized spacial score (nSPS) is 12.5. The molecular formula is C21H15NO5. The highest BCUT2D eigenvalue weighted by Crippen LogP contribution is 2.42. The average Bonchev–Trinajstić information content (AvgIpc) is 2.65. The van der Waals surface area contributed by atoms with Crippen LogP contribution < -0.4 is 5.32 Å². The van der Waals surface area contributed by atoms with Crippen LogP contribution in [0.15, 0.2) is 48.5 Å². The van der Waals surface area contributed by atoms with E-state index >= 15 is 0 Å². The van der Waals surface area contributed by atoms with Crippen molar-refractivity contribution in [2.75, 3.05) is 5.32 Å². The molecule has 3 aromatic rings. The number of phenolic OH excluding ortho intramolecular Hbond substituents is 3. The molecule has 0 fully saturated rings. The number of nitrogens with one attached hydrogen (secondary N) is 1. The van der Waals surface area contributed by atoms with Gasteiger partial charge in [0.25, 0.3) is 0 Å². The lowest BCUT2D eigenvalue weighted by Gasteiger charge is -2.21. The standard InChI is InChI=1S/C21H15NO5/c1-10-2-4-11(5-3-10)22-13-7-6-12-16(20(13)26)21(27)18-15(24)9-8-14(23)17(18)19(12)25/h2-9,22-24,26H,1H3. The molecule has 0 radical (unpaired) electrons. The zero-order valence-corrected chi connectivity index (χ0v) is 14.3. The minimum Gasteiger partial charge on any atom is -0.507 e. The molecule has 3 aromatic carbocycles. The van der Waals surface area contributed by atoms with E-state index in [9.17, 15) is 24.9 Å². The van der Waals surface area contributed by atoms with E-state index in [1.807, 2.05) is 31.2 Å². The van der Waals surface area contributed by atoms with Gasteiger partial charge in [0.15, 0.2) is 11.5 Å². The van der Waals surface area contributed by atoms with Gasteiger partial charge < -0.3 is 20.6 Å². The maximum Gasteiger partial charge on any atom is 0.202 e. The molecule has 0 saturated heterocycles. The van der Waals surface area contributed by atoms with E-state index in [0.717, 1.165) is 17.7 Å². The van der Waals surface area contributed by atoms with Crippen molar-refractivity contribution in [2.45, 2.75) is 6.92 Å². The summed E-state index contributed by atoms with van der Waals surface area (Å²) >= 11 is 0. The van der Waals surface area contributed by atoms with Crippen LogP contribution in [-0.2, 0) is 0 Å². The zero-order valence-electron chi connectivity index (χ0n) is 14.3. The van der Waals surface area contributed by atoms with Gasteiger partial charge >= 0.3 is 0 Å². The van der Waals surface area contributed by atoms with E-state index in [-0.39, 0.29) is 33.7 Å². The van der Waals surface area contributed by atoms with E-state index in [0.29, 0.717) is 5.69 Å². The predicted octanol–water partition coefficient (Wildman–Crippen LogP) is 3.63. The molecular weight excluding hydrogens is 346 g/mol. The van der Waals surface area contributed by atoms with Crippen LogP contribution >= 0.6 is 0 Å². The first-order valence-electron chi connectivity index (χ1n) is 8.22. The third-order valence-corrected chi connectivity index (χ3v) is 4.60. The number of hydrogen-bond donors (Lipinski definition) is 4. The number of hydrogen-bond acceptors (Lipinski definition) is 6. The molecule has 1 aliphatic carbocycles. The number of rotatable bonds is 2. The molecule has 6 heteroatoms. The number of aryl methyl sites for hydroxylation is 1. The summed E-state index contributed by atoms with van der Waals surface area (Å²) in [6.45, 7) is 1.95. The highest BCUT2D eigenvalue weighted by molar-refractivity contribution is 6.31. The topological polar surface area (TPSA) is 107 Å². The van der Waals surface area contributed by atoms with Gasteiger partial charge in [-0.2, -0.15) is 0 Å². The Kier molecular flexibility index (Phi) is 3.63. The summed E-state index contributed by atoms with van der Waals surface area (Å²) in [4.78, 5) is 25.6. The lowest BCUT2D eigenvalue weighted by Crippen LogP contribution is -2.21. The van der Waals surface area contributed by atoms with Crippen molar-refractivity contribution in [2.24, 2.45) is 0 Å². The molecule has 27 heavy (non-hydrogen) atoms. The molecule has 6 nitrogen and oxygen atoms in total. The highest BCUT2D eigenvalue weighted by atomic mass is 16.3. The molecule has 0 amide bonds. The van der Waals surface area contributed by atoms with E-state index < -0.39 is 23.1 Å². The summed E-state index contributed by atoms with van der Waals surface area (Å²) in [5.41, 5.74) is 1.23. The van der Waals surface area contributed by atoms with Crippen LogP contribution in [0.1, 0.15) is 37.4 Å². The van der Waals surface area contributed by atoms with Crippen LogP contribution in [0.25, 0.3) is 0 Å². The summed E-state index contributed by atoms with van der Waals surface area (Å²) in [6, 6.07) is 12.6. The summed E-state index contributed by atoms with van der Waals surface area (Å²) in [5, 5.41) is 33.7. The Hall–Kier alpha value is -3.80. The Balaban J connectivity index is 1.85. The van der Waals surface area contributed by atoms with Gasteiger partial charge in [-0.05, 0) is 43.3 Å². The molecule has 0 atom stereocenters. The van der Waals surface area contributed by atoms with Crippen molar-refractivity contribution in [1.29, 1.82) is 0 Å². The molecule has 4 rings (SSSR count). The molecule has 1 aliphatic rings. The summed E-state index contributed by atoms with van der Waals surface area (Å²) in [5.74, 6) is -2.57. The quantitative estimate of drug-likeness (QED) is 0.321. The number of benzene rings is 3. The number of anilines is 2. The van der Waals surface area contributed by atoms with Gasteiger partial charge in [-0.15, -0.1) is 0 Å². The van der Waals surface area contributed by atoms with Gasteiger partial charge in [0, 0.05) is 11.3 Å². The van der Waals surface area contributed by atoms with Crippen LogP contribution in [0.2, 0.25) is 0 Å². The van der Waals surface area contributed by atoms with E-state index in [4.69, 9.17) is 0 Å². The van der Waals surface area contributed by atoms with E-state index in [2.05, 4.69) is 5.32 Å². The van der Waals surface area contributed by atoms with Gasteiger partial charge in [-0.3, -0.25) is 9.59 Å². The van der Waals surface area contributed by atoms with Crippen molar-refractivity contribution in [1.82, 2.24) is 0 Å². The first-order chi connectivity index (χ1) is 12.9. The number of phenols is 3. The van der Waals surface area contributed by atoms with Crippen LogP contribution in [0.3, 0.4) is 0 Å². The first-order valence-corrected chi connectivity index (χ1v) is 8.22. The molecule has 0 bridgehead atoms. The Morgan fingerprint density at radius 3 is 1.93 bits per heavy atom. The van der Waals surface area contributed by atoms with Crippen molar-refractivity contribution in [3.05, 3.63) is 76.3 Å². The minimum absolute atomic E-state index is 0.0274. The SMILES string of the molecule is Cc1ccc(Nc2ccc3c(c2O)C(=O)c2c(O)ccc(O)c2C3=O)cc1. The van der Waals surface area contributed by atoms with Crippen molar-refractivity contribution in [3.63, 3.8) is 0 Å². The average molecular weight is 361 g/mol. The molecule has 0 saturated carbocycles. The summed E-state index contributed by atoms with van der Waals surface area (Å²) < 4.78 is 0. The largest absolute Gasteiger partial charge is 0.507 e. The predicted molar refractivity (Wildman–Crippen MR) is 99.2 cm³/mol. The van der Waals surface area contributed by atoms with Crippen LogP contribution in [-0.4, -0.2) is 26.9 Å². The van der Waals surface area contributed by atoms with Crippen LogP contribution in [0.5, 0.6) is 17.2 Å². The molecule has 4 N–H and O–H groups in total. The lowest BCUT2D eigenvalue weighted by atomic mass is 9.82. The monoisotopic (exact) mass is 361 g/mol. The Morgan fingerprint density at radius 2 is 1.30 bits per heavy atom. The van der Waals surface area contributed by atoms with Gasteiger partial charge in [0.05, 0.1) is 22.4 Å². The number of ketones is 2. The molecule has 0 aromatic heterocycles. The van der Waals surface area contributed by atoms with Crippen LogP contribution in [0.4, 0.5) is 11.4 Å². The maximum absolute atomic E-state index is 12.9. The third kappa shape index (κ3) is 2.50. The number of carbonyl (C=O) groups is 2. The fourth-order valence-corrected chi connectivity index (χ4v) is 3.20. The molecule has 134 valence electrons. The fraction of sp³-hybridized carbons (Fsp3) is 0.0476. The summed E-state index contributed by atoms with van der Waals surface area (Å²) in [7, 11) is 0. The van der Waals surface area contributed by atoms with Gasteiger partial charge in [-0.1, -0.05) is 17.7 Å². The molecule has 0 unspecified atom stereocenters. The highest BCUT2D eigenvalue weighted by Gasteiger charge is 2.37. The lowest BCUT2D eigenvalue weighted by molar-refractivity contribution is 0.0972. The maximum atomic E-state index is 12.9. The smallest absolute Gasteiger partial charge is 0.202 e. The molecule has 0 spiro atoms. The van der Waals surface area contributed by atoms with Gasteiger partial charge in [-0.25, -0.2) is 0 Å². The van der Waals surface area contributed by atoms with Crippen molar-refractivity contribution in [3.8, 4) is 17.2 Å². The van der Waals surface area contributed by atoms with E-state index in [1.165, 1.54) is 12.1 Å². The second kappa shape index (κ2) is 5.88. The summed E-state index contributed by atoms with van der Waals surface area (Å²) in [6.07, 6.45) is 0. The zero-order chi connectivity index (χ0) is 19.3. The minimum atomic E-state index is -0.724. The number of carbonyl (C=O) groups excluding carboxylic acids is 2. The Labute approximate surface area is 154 Å². The van der Waals surface area contributed by atoms with Crippen LogP contribution in [0, 0.1) is 6.92 Å². The van der Waals surface area contributed by atoms with E-state index in [1.54, 1.807) is 0 Å². The number of fused-ring (bicyclic) bond motifs is 2. The van der Waals surface area contributed by atoms with Crippen molar-refractivity contribution >= 4 is 22.9 Å². The Bertz CT molecular complexity index is 1120. The number of aromatic hydroxyl groups is 3. The van der Waals surface area contributed by atoms with Crippen molar-refractivity contribution < 1.29 is 24.9 Å². The van der Waals surface area contributed by atoms with Gasteiger partial charge in [0.1, 0.15) is 11.5 Å².